The lowest BCUT2D eigenvalue weighted by Crippen LogP contribution is -2.52. The number of ether oxygens (including phenoxy) is 1. The van der Waals surface area contributed by atoms with Crippen LogP contribution in [0.15, 0.2) is 12.7 Å². The average molecular weight is 242 g/mol. The second-order valence-electron chi connectivity index (χ2n) is 4.61. The molecule has 4 nitrogen and oxygen atoms in total. The van der Waals surface area contributed by atoms with Gasteiger partial charge in [0.2, 0.25) is 0 Å². The van der Waals surface area contributed by atoms with E-state index in [1.54, 1.807) is 0 Å². The Kier molecular flexibility index (Phi) is 7.83. The summed E-state index contributed by atoms with van der Waals surface area (Å²) in [5.41, 5.74) is -0.611. The predicted molar refractivity (Wildman–Crippen MR) is 71.0 cm³/mol. The van der Waals surface area contributed by atoms with Gasteiger partial charge in [-0.25, -0.2) is 0 Å². The maximum atomic E-state index is 11.9. The van der Waals surface area contributed by atoms with Gasteiger partial charge in [-0.3, -0.25) is 4.79 Å². The number of esters is 1. The molecule has 0 aromatic carbocycles. The van der Waals surface area contributed by atoms with E-state index in [1.807, 2.05) is 34.0 Å². The number of nitrogens with zero attached hydrogens (tertiary/aromatic N) is 1. The number of allylic oxidation sites excluding steroid dienone is 1. The monoisotopic (exact) mass is 242 g/mol. The van der Waals surface area contributed by atoms with E-state index in [9.17, 15) is 4.79 Å². The van der Waals surface area contributed by atoms with E-state index in [2.05, 4.69) is 16.8 Å². The summed E-state index contributed by atoms with van der Waals surface area (Å²) in [6.07, 6.45) is 3.33. The lowest BCUT2D eigenvalue weighted by molar-refractivity contribution is -0.150. The van der Waals surface area contributed by atoms with Crippen LogP contribution in [-0.2, 0) is 9.53 Å². The summed E-state index contributed by atoms with van der Waals surface area (Å²) in [5, 5.41) is 3.28. The number of likely N-dealkylation sites (N-methyl/N-ethyl adjacent to an activating group) is 1. The zero-order valence-corrected chi connectivity index (χ0v) is 11.6. The Morgan fingerprint density at radius 3 is 2.65 bits per heavy atom. The molecule has 0 aliphatic heterocycles. The molecule has 0 aliphatic carbocycles. The molecule has 0 spiro atoms. The molecule has 0 amide bonds. The van der Waals surface area contributed by atoms with Gasteiger partial charge in [0.1, 0.15) is 5.54 Å². The maximum Gasteiger partial charge on any atom is 0.326 e. The first kappa shape index (κ1) is 16.1. The van der Waals surface area contributed by atoms with Crippen molar-refractivity contribution in [3.63, 3.8) is 0 Å². The molecule has 0 aromatic heterocycles. The van der Waals surface area contributed by atoms with Crippen LogP contribution in [0.25, 0.3) is 0 Å². The van der Waals surface area contributed by atoms with Crippen molar-refractivity contribution >= 4 is 5.97 Å². The number of nitrogens with one attached hydrogen (secondary N) is 1. The minimum Gasteiger partial charge on any atom is -0.465 e. The summed E-state index contributed by atoms with van der Waals surface area (Å²) in [4.78, 5) is 14.0. The van der Waals surface area contributed by atoms with Gasteiger partial charge in [0.15, 0.2) is 0 Å². The van der Waals surface area contributed by atoms with Gasteiger partial charge in [0, 0.05) is 13.1 Å². The fourth-order valence-electron chi connectivity index (χ4n) is 1.50. The minimum absolute atomic E-state index is 0.180. The summed E-state index contributed by atoms with van der Waals surface area (Å²) in [6, 6.07) is 0. The van der Waals surface area contributed by atoms with Crippen LogP contribution in [0.4, 0.5) is 0 Å². The summed E-state index contributed by atoms with van der Waals surface area (Å²) >= 11 is 0. The number of carbonyl (C=O) groups is 1. The number of hydrogen-bond donors (Lipinski definition) is 1. The zero-order chi connectivity index (χ0) is 13.3. The molecular formula is C13H26N2O2. The van der Waals surface area contributed by atoms with Gasteiger partial charge >= 0.3 is 5.97 Å². The van der Waals surface area contributed by atoms with E-state index in [0.29, 0.717) is 13.0 Å². The van der Waals surface area contributed by atoms with Gasteiger partial charge in [-0.1, -0.05) is 6.08 Å². The number of hydrogen-bond acceptors (Lipinski definition) is 4. The van der Waals surface area contributed by atoms with Gasteiger partial charge in [-0.05, 0) is 40.8 Å². The quantitative estimate of drug-likeness (QED) is 0.490. The van der Waals surface area contributed by atoms with E-state index in [0.717, 1.165) is 19.5 Å². The zero-order valence-electron chi connectivity index (χ0n) is 11.6. The van der Waals surface area contributed by atoms with E-state index < -0.39 is 5.54 Å². The molecule has 0 bridgehead atoms. The molecule has 0 fully saturated rings. The molecule has 100 valence electrons. The lowest BCUT2D eigenvalue weighted by Gasteiger charge is -2.29. The largest absolute Gasteiger partial charge is 0.465 e. The fourth-order valence-corrected chi connectivity index (χ4v) is 1.50. The Bertz CT molecular complexity index is 242. The topological polar surface area (TPSA) is 41.6 Å². The summed E-state index contributed by atoms with van der Waals surface area (Å²) < 4.78 is 5.11. The van der Waals surface area contributed by atoms with Crippen LogP contribution in [0.3, 0.4) is 0 Å². The normalized spacial score (nSPS) is 14.4. The highest BCUT2D eigenvalue weighted by Crippen LogP contribution is 2.15. The Morgan fingerprint density at radius 1 is 1.53 bits per heavy atom. The van der Waals surface area contributed by atoms with Crippen molar-refractivity contribution in [1.29, 1.82) is 0 Å². The Morgan fingerprint density at radius 2 is 2.18 bits per heavy atom. The highest BCUT2D eigenvalue weighted by molar-refractivity contribution is 5.80. The van der Waals surface area contributed by atoms with Crippen LogP contribution in [0.5, 0.6) is 0 Å². The summed E-state index contributed by atoms with van der Waals surface area (Å²) in [6.45, 7) is 9.48. The first-order valence-corrected chi connectivity index (χ1v) is 6.14. The molecule has 17 heavy (non-hydrogen) atoms. The molecule has 0 aliphatic rings. The minimum atomic E-state index is -0.611. The summed E-state index contributed by atoms with van der Waals surface area (Å²) in [7, 11) is 4.01. The van der Waals surface area contributed by atoms with Crippen molar-refractivity contribution in [2.24, 2.45) is 0 Å². The van der Waals surface area contributed by atoms with E-state index in [1.165, 1.54) is 0 Å². The molecule has 0 aromatic rings. The third kappa shape index (κ3) is 6.44. The standard InChI is InChI=1S/C13H26N2O2/c1-6-8-9-13(3,12(16)17-7-2)14-10-11-15(4)5/h6,14H,1,7-11H2,2-5H3. The van der Waals surface area contributed by atoms with Gasteiger partial charge in [-0.2, -0.15) is 0 Å². The van der Waals surface area contributed by atoms with Gasteiger partial charge in [-0.15, -0.1) is 6.58 Å². The van der Waals surface area contributed by atoms with Crippen molar-refractivity contribution in [2.45, 2.75) is 32.2 Å². The fraction of sp³-hybridized carbons (Fsp3) is 0.769. The van der Waals surface area contributed by atoms with Crippen LogP contribution in [-0.4, -0.2) is 50.2 Å². The molecule has 1 N–H and O–H groups in total. The first-order chi connectivity index (χ1) is 7.96. The van der Waals surface area contributed by atoms with Crippen molar-refractivity contribution in [1.82, 2.24) is 10.2 Å². The van der Waals surface area contributed by atoms with E-state index in [4.69, 9.17) is 4.74 Å². The highest BCUT2D eigenvalue weighted by atomic mass is 16.5. The third-order valence-electron chi connectivity index (χ3n) is 2.65. The number of carbonyl (C=O) groups excluding carboxylic acids is 1. The van der Waals surface area contributed by atoms with Gasteiger partial charge in [0.25, 0.3) is 0 Å². The molecule has 1 unspecified atom stereocenters. The Hall–Kier alpha value is -0.870. The molecule has 0 radical (unpaired) electrons. The molecule has 0 rings (SSSR count). The molecule has 4 heteroatoms. The van der Waals surface area contributed by atoms with Crippen molar-refractivity contribution < 1.29 is 9.53 Å². The first-order valence-electron chi connectivity index (χ1n) is 6.14. The van der Waals surface area contributed by atoms with Crippen LogP contribution < -0.4 is 5.32 Å². The third-order valence-corrected chi connectivity index (χ3v) is 2.65. The van der Waals surface area contributed by atoms with Gasteiger partial charge in [0.05, 0.1) is 6.61 Å². The van der Waals surface area contributed by atoms with Crippen LogP contribution >= 0.6 is 0 Å². The average Bonchev–Trinajstić information content (AvgIpc) is 2.26. The Balaban J connectivity index is 4.37. The SMILES string of the molecule is C=CCCC(C)(NCCN(C)C)C(=O)OCC. The molecule has 0 heterocycles. The Labute approximate surface area is 105 Å². The smallest absolute Gasteiger partial charge is 0.326 e. The highest BCUT2D eigenvalue weighted by Gasteiger charge is 2.33. The molecular weight excluding hydrogens is 216 g/mol. The molecule has 0 saturated heterocycles. The van der Waals surface area contributed by atoms with Crippen LogP contribution in [0.2, 0.25) is 0 Å². The van der Waals surface area contributed by atoms with Crippen molar-refractivity contribution in [3.8, 4) is 0 Å². The van der Waals surface area contributed by atoms with Crippen LogP contribution in [0, 0.1) is 0 Å². The molecule has 0 saturated carbocycles. The number of rotatable bonds is 9. The van der Waals surface area contributed by atoms with Crippen molar-refractivity contribution in [2.75, 3.05) is 33.8 Å². The van der Waals surface area contributed by atoms with E-state index in [-0.39, 0.29) is 5.97 Å². The second-order valence-corrected chi connectivity index (χ2v) is 4.61. The van der Waals surface area contributed by atoms with Crippen LogP contribution in [0.1, 0.15) is 26.7 Å². The van der Waals surface area contributed by atoms with Gasteiger partial charge < -0.3 is 15.0 Å². The van der Waals surface area contributed by atoms with Crippen molar-refractivity contribution in [3.05, 3.63) is 12.7 Å². The lowest BCUT2D eigenvalue weighted by atomic mass is 9.95. The van der Waals surface area contributed by atoms with E-state index >= 15 is 0 Å². The maximum absolute atomic E-state index is 11.9. The molecule has 1 atom stereocenters. The predicted octanol–water partition coefficient (Wildman–Crippen LogP) is 1.43. The second kappa shape index (κ2) is 8.25. The summed E-state index contributed by atoms with van der Waals surface area (Å²) in [5.74, 6) is -0.180.